The van der Waals surface area contributed by atoms with Crippen molar-refractivity contribution in [3.8, 4) is 11.1 Å². The summed E-state index contributed by atoms with van der Waals surface area (Å²) in [7, 11) is 0. The van der Waals surface area contributed by atoms with Crippen molar-refractivity contribution in [1.82, 2.24) is 20.2 Å². The van der Waals surface area contributed by atoms with E-state index >= 15 is 0 Å². The van der Waals surface area contributed by atoms with Gasteiger partial charge in [0.05, 0.1) is 17.4 Å². The molecule has 1 aromatic carbocycles. The van der Waals surface area contributed by atoms with E-state index < -0.39 is 0 Å². The predicted molar refractivity (Wildman–Crippen MR) is 124 cm³/mol. The van der Waals surface area contributed by atoms with Gasteiger partial charge >= 0.3 is 0 Å². The number of nitrogens with one attached hydrogen (secondary N) is 3. The molecule has 9 heteroatoms. The fourth-order valence-electron chi connectivity index (χ4n) is 3.82. The molecule has 4 aromatic rings. The molecule has 0 spiro atoms. The van der Waals surface area contributed by atoms with Crippen LogP contribution in [0.25, 0.3) is 22.0 Å². The smallest absolute Gasteiger partial charge is 0.276 e. The van der Waals surface area contributed by atoms with Gasteiger partial charge in [-0.05, 0) is 48.7 Å². The van der Waals surface area contributed by atoms with Gasteiger partial charge in [-0.3, -0.25) is 19.7 Å². The molecule has 0 bridgehead atoms. The van der Waals surface area contributed by atoms with Crippen LogP contribution in [0.15, 0.2) is 61.1 Å². The zero-order chi connectivity index (χ0) is 22.6. The molecule has 0 unspecified atom stereocenters. The first kappa shape index (κ1) is 20.8. The number of rotatable bonds is 5. The topological polar surface area (TPSA) is 122 Å². The number of nitrogens with zero attached hydrogens (tertiary/aromatic N) is 3. The second-order valence-electron chi connectivity index (χ2n) is 7.84. The summed E-state index contributed by atoms with van der Waals surface area (Å²) >= 11 is 0. The maximum atomic E-state index is 12.9. The molecule has 166 valence electrons. The average molecular weight is 442 g/mol. The van der Waals surface area contributed by atoms with Gasteiger partial charge in [0.15, 0.2) is 5.69 Å². The number of anilines is 2. The molecule has 33 heavy (non-hydrogen) atoms. The highest BCUT2D eigenvalue weighted by atomic mass is 16.5. The fourth-order valence-corrected chi connectivity index (χ4v) is 3.82. The lowest BCUT2D eigenvalue weighted by atomic mass is 9.99. The Bertz CT molecular complexity index is 1280. The van der Waals surface area contributed by atoms with Crippen LogP contribution >= 0.6 is 0 Å². The molecule has 3 N–H and O–H groups in total. The van der Waals surface area contributed by atoms with Gasteiger partial charge in [0, 0.05) is 42.5 Å². The molecule has 1 saturated heterocycles. The van der Waals surface area contributed by atoms with Crippen molar-refractivity contribution in [2.75, 3.05) is 23.8 Å². The van der Waals surface area contributed by atoms with Crippen LogP contribution in [-0.2, 0) is 9.53 Å². The Balaban J connectivity index is 1.29. The van der Waals surface area contributed by atoms with Crippen molar-refractivity contribution in [1.29, 1.82) is 0 Å². The largest absolute Gasteiger partial charge is 0.381 e. The van der Waals surface area contributed by atoms with Gasteiger partial charge in [-0.15, -0.1) is 0 Å². The summed E-state index contributed by atoms with van der Waals surface area (Å²) in [5, 5.41) is 13.4. The predicted octanol–water partition coefficient (Wildman–Crippen LogP) is 3.64. The number of benzene rings is 1. The van der Waals surface area contributed by atoms with Crippen molar-refractivity contribution in [2.45, 2.75) is 12.8 Å². The molecule has 4 heterocycles. The van der Waals surface area contributed by atoms with E-state index in [1.165, 1.54) is 6.20 Å². The van der Waals surface area contributed by atoms with Gasteiger partial charge in [-0.25, -0.2) is 4.98 Å². The van der Waals surface area contributed by atoms with E-state index in [4.69, 9.17) is 4.74 Å². The van der Waals surface area contributed by atoms with Gasteiger partial charge < -0.3 is 15.4 Å². The molecule has 0 atom stereocenters. The number of H-pyrrole nitrogens is 1. The standard InChI is InChI=1S/C24H22N6O3/c31-23(15-7-10-33-11-8-15)28-21-6-4-18(14-26-21)27-24(32)22-19-12-16(3-5-20(19)29-30-22)17-2-1-9-25-13-17/h1-6,9,12-15H,7-8,10-11H2,(H,27,32)(H,29,30)(H,26,28,31). The quantitative estimate of drug-likeness (QED) is 0.434. The summed E-state index contributed by atoms with van der Waals surface area (Å²) in [6.45, 7) is 1.20. The van der Waals surface area contributed by atoms with Gasteiger partial charge in [0.25, 0.3) is 5.91 Å². The Morgan fingerprint density at radius 1 is 1.00 bits per heavy atom. The van der Waals surface area contributed by atoms with E-state index in [9.17, 15) is 9.59 Å². The van der Waals surface area contributed by atoms with E-state index in [2.05, 4.69) is 30.8 Å². The number of ether oxygens (including phenoxy) is 1. The lowest BCUT2D eigenvalue weighted by molar-refractivity contribution is -0.122. The average Bonchev–Trinajstić information content (AvgIpc) is 3.30. The van der Waals surface area contributed by atoms with Crippen LogP contribution in [0.3, 0.4) is 0 Å². The van der Waals surface area contributed by atoms with E-state index in [1.807, 2.05) is 30.3 Å². The Labute approximate surface area is 189 Å². The van der Waals surface area contributed by atoms with Gasteiger partial charge in [0.2, 0.25) is 5.91 Å². The number of carbonyl (C=O) groups is 2. The van der Waals surface area contributed by atoms with Crippen molar-refractivity contribution < 1.29 is 14.3 Å². The molecule has 1 fully saturated rings. The summed E-state index contributed by atoms with van der Waals surface area (Å²) in [4.78, 5) is 33.6. The highest BCUT2D eigenvalue weighted by Crippen LogP contribution is 2.25. The van der Waals surface area contributed by atoms with E-state index in [-0.39, 0.29) is 23.4 Å². The first-order valence-corrected chi connectivity index (χ1v) is 10.7. The summed E-state index contributed by atoms with van der Waals surface area (Å²) < 4.78 is 5.29. The zero-order valence-corrected chi connectivity index (χ0v) is 17.7. The van der Waals surface area contributed by atoms with Crippen LogP contribution in [0.4, 0.5) is 11.5 Å². The van der Waals surface area contributed by atoms with E-state index in [1.54, 1.807) is 24.5 Å². The van der Waals surface area contributed by atoms with Gasteiger partial charge in [-0.1, -0.05) is 12.1 Å². The number of amides is 2. The summed E-state index contributed by atoms with van der Waals surface area (Å²) in [5.41, 5.74) is 3.44. The van der Waals surface area contributed by atoms with Gasteiger partial charge in [0.1, 0.15) is 5.82 Å². The van der Waals surface area contributed by atoms with Crippen LogP contribution in [0.1, 0.15) is 23.3 Å². The van der Waals surface area contributed by atoms with Crippen molar-refractivity contribution in [3.63, 3.8) is 0 Å². The lowest BCUT2D eigenvalue weighted by Crippen LogP contribution is -2.28. The third-order valence-electron chi connectivity index (χ3n) is 5.64. The minimum atomic E-state index is -0.356. The second-order valence-corrected chi connectivity index (χ2v) is 7.84. The fraction of sp³-hybridized carbons (Fsp3) is 0.208. The van der Waals surface area contributed by atoms with Gasteiger partial charge in [-0.2, -0.15) is 5.10 Å². The number of carbonyl (C=O) groups excluding carboxylic acids is 2. The normalized spacial score (nSPS) is 14.2. The molecule has 1 aliphatic rings. The molecule has 1 aliphatic heterocycles. The highest BCUT2D eigenvalue weighted by molar-refractivity contribution is 6.11. The molecule has 0 aliphatic carbocycles. The molecule has 0 saturated carbocycles. The Morgan fingerprint density at radius 2 is 1.88 bits per heavy atom. The Morgan fingerprint density at radius 3 is 2.64 bits per heavy atom. The highest BCUT2D eigenvalue weighted by Gasteiger charge is 2.22. The molecule has 0 radical (unpaired) electrons. The maximum Gasteiger partial charge on any atom is 0.276 e. The summed E-state index contributed by atoms with van der Waals surface area (Å²) in [6.07, 6.45) is 6.41. The molecule has 5 rings (SSSR count). The molecule has 3 aromatic heterocycles. The zero-order valence-electron chi connectivity index (χ0n) is 17.7. The van der Waals surface area contributed by atoms with Crippen molar-refractivity contribution >= 4 is 34.2 Å². The summed E-state index contributed by atoms with van der Waals surface area (Å²) in [5.74, 6) is -0.0411. The number of pyridine rings is 2. The minimum absolute atomic E-state index is 0.0602. The van der Waals surface area contributed by atoms with Crippen LogP contribution in [-0.4, -0.2) is 45.2 Å². The maximum absolute atomic E-state index is 12.9. The monoisotopic (exact) mass is 442 g/mol. The first-order valence-electron chi connectivity index (χ1n) is 10.7. The van der Waals surface area contributed by atoms with Crippen LogP contribution in [0.5, 0.6) is 0 Å². The number of fused-ring (bicyclic) bond motifs is 1. The number of hydrogen-bond donors (Lipinski definition) is 3. The lowest BCUT2D eigenvalue weighted by Gasteiger charge is -2.20. The third-order valence-corrected chi connectivity index (χ3v) is 5.64. The second kappa shape index (κ2) is 9.17. The van der Waals surface area contributed by atoms with Crippen molar-refractivity contribution in [3.05, 3.63) is 66.7 Å². The number of hydrogen-bond acceptors (Lipinski definition) is 6. The van der Waals surface area contributed by atoms with Crippen LogP contribution < -0.4 is 10.6 Å². The first-order chi connectivity index (χ1) is 16.2. The molecular formula is C24H22N6O3. The van der Waals surface area contributed by atoms with Crippen LogP contribution in [0.2, 0.25) is 0 Å². The summed E-state index contributed by atoms with van der Waals surface area (Å²) in [6, 6.07) is 12.9. The Hall–Kier alpha value is -4.11. The molecule has 2 amide bonds. The molecular weight excluding hydrogens is 420 g/mol. The van der Waals surface area contributed by atoms with E-state index in [0.29, 0.717) is 42.9 Å². The van der Waals surface area contributed by atoms with Crippen molar-refractivity contribution in [2.24, 2.45) is 5.92 Å². The SMILES string of the molecule is O=C(Nc1ccc(NC(=O)C2CCOCC2)nc1)c1n[nH]c2ccc(-c3cccnc3)cc12. The number of aromatic nitrogens is 4. The Kier molecular flexibility index (Phi) is 5.77. The van der Waals surface area contributed by atoms with E-state index in [0.717, 1.165) is 16.6 Å². The third kappa shape index (κ3) is 4.58. The van der Waals surface area contributed by atoms with Crippen LogP contribution in [0, 0.1) is 5.92 Å². The minimum Gasteiger partial charge on any atom is -0.381 e. The number of aromatic amines is 1. The molecule has 9 nitrogen and oxygen atoms in total.